The lowest BCUT2D eigenvalue weighted by molar-refractivity contribution is 0.0969. The summed E-state index contributed by atoms with van der Waals surface area (Å²) in [5.41, 5.74) is 4.96. The number of hydrogen-bond donors (Lipinski definition) is 1. The highest BCUT2D eigenvalue weighted by atomic mass is 16.1. The average Bonchev–Trinajstić information content (AvgIpc) is 3.30. The van der Waals surface area contributed by atoms with Gasteiger partial charge in [-0.15, -0.1) is 0 Å². The van der Waals surface area contributed by atoms with Crippen molar-refractivity contribution in [1.82, 2.24) is 29.2 Å². The fraction of sp³-hybridized carbons (Fsp3) is 0.385. The Bertz CT molecular complexity index is 1380. The maximum atomic E-state index is 12.8. The molecular formula is C26H29N7O. The minimum absolute atomic E-state index is 0.190. The van der Waals surface area contributed by atoms with Gasteiger partial charge in [-0.05, 0) is 63.9 Å². The fourth-order valence-corrected chi connectivity index (χ4v) is 4.85. The predicted molar refractivity (Wildman–Crippen MR) is 132 cm³/mol. The first kappa shape index (κ1) is 21.0. The Morgan fingerprint density at radius 2 is 1.97 bits per heavy atom. The molecule has 1 saturated heterocycles. The van der Waals surface area contributed by atoms with Crippen LogP contribution in [0.15, 0.2) is 42.9 Å². The minimum atomic E-state index is 0.190. The molecule has 0 spiro atoms. The van der Waals surface area contributed by atoms with Gasteiger partial charge in [-0.2, -0.15) is 10.1 Å². The molecule has 2 aliphatic rings. The largest absolute Gasteiger partial charge is 0.350 e. The average molecular weight is 456 g/mol. The van der Waals surface area contributed by atoms with Crippen molar-refractivity contribution < 1.29 is 4.79 Å². The summed E-state index contributed by atoms with van der Waals surface area (Å²) in [6, 6.07) is 7.92. The number of aryl methyl sites for hydroxylation is 2. The SMILES string of the molecule is Cc1nn(-c2ccnc(Nc3ccc4c(c3)c(C(=O)C3CC3)cn4C)n2)cc1CN1CCCC1. The Morgan fingerprint density at radius 3 is 2.76 bits per heavy atom. The Hall–Kier alpha value is -3.52. The number of Topliss-reactive ketones (excluding diaryl/α,β-unsaturated/α-hetero) is 1. The molecule has 4 heterocycles. The number of carbonyl (C=O) groups is 1. The molecule has 6 rings (SSSR count). The van der Waals surface area contributed by atoms with Crippen molar-refractivity contribution in [1.29, 1.82) is 0 Å². The van der Waals surface area contributed by atoms with Gasteiger partial charge in [0, 0.05) is 71.9 Å². The van der Waals surface area contributed by atoms with Crippen LogP contribution in [-0.4, -0.2) is 48.1 Å². The third-order valence-corrected chi connectivity index (χ3v) is 6.93. The molecule has 1 aliphatic carbocycles. The van der Waals surface area contributed by atoms with Crippen molar-refractivity contribution in [2.75, 3.05) is 18.4 Å². The molecule has 8 heteroatoms. The highest BCUT2D eigenvalue weighted by Gasteiger charge is 2.32. The molecule has 0 bridgehead atoms. The third kappa shape index (κ3) is 3.98. The molecule has 0 amide bonds. The monoisotopic (exact) mass is 455 g/mol. The molecule has 0 atom stereocenters. The Morgan fingerprint density at radius 1 is 1.15 bits per heavy atom. The highest BCUT2D eigenvalue weighted by Crippen LogP contribution is 2.36. The quantitative estimate of drug-likeness (QED) is 0.416. The maximum absolute atomic E-state index is 12.8. The first-order valence-corrected chi connectivity index (χ1v) is 12.1. The number of nitrogens with zero attached hydrogens (tertiary/aromatic N) is 6. The van der Waals surface area contributed by atoms with Crippen LogP contribution in [-0.2, 0) is 13.6 Å². The lowest BCUT2D eigenvalue weighted by atomic mass is 10.1. The number of fused-ring (bicyclic) bond motifs is 1. The van der Waals surface area contributed by atoms with Crippen LogP contribution in [0.2, 0.25) is 0 Å². The van der Waals surface area contributed by atoms with Crippen LogP contribution >= 0.6 is 0 Å². The van der Waals surface area contributed by atoms with E-state index in [1.165, 1.54) is 18.4 Å². The zero-order chi connectivity index (χ0) is 23.2. The summed E-state index contributed by atoms with van der Waals surface area (Å²) in [6.07, 6.45) is 10.3. The molecule has 1 saturated carbocycles. The zero-order valence-electron chi connectivity index (χ0n) is 19.7. The van der Waals surface area contributed by atoms with E-state index < -0.39 is 0 Å². The van der Waals surface area contributed by atoms with Crippen molar-refractivity contribution in [3.63, 3.8) is 0 Å². The lowest BCUT2D eigenvalue weighted by Crippen LogP contribution is -2.18. The van der Waals surface area contributed by atoms with Gasteiger partial charge in [-0.1, -0.05) is 0 Å². The summed E-state index contributed by atoms with van der Waals surface area (Å²) in [6.45, 7) is 5.30. The number of nitrogens with one attached hydrogen (secondary N) is 1. The molecule has 174 valence electrons. The highest BCUT2D eigenvalue weighted by molar-refractivity contribution is 6.10. The van der Waals surface area contributed by atoms with Crippen LogP contribution < -0.4 is 5.32 Å². The van der Waals surface area contributed by atoms with Crippen LogP contribution in [0.4, 0.5) is 11.6 Å². The second-order valence-electron chi connectivity index (χ2n) is 9.56. The summed E-state index contributed by atoms with van der Waals surface area (Å²) in [5.74, 6) is 1.66. The molecule has 8 nitrogen and oxygen atoms in total. The first-order valence-electron chi connectivity index (χ1n) is 12.1. The van der Waals surface area contributed by atoms with Crippen LogP contribution in [0.25, 0.3) is 16.7 Å². The van der Waals surface area contributed by atoms with Gasteiger partial charge < -0.3 is 9.88 Å². The summed E-state index contributed by atoms with van der Waals surface area (Å²) >= 11 is 0. The number of rotatable bonds is 7. The van der Waals surface area contributed by atoms with Crippen molar-refractivity contribution in [2.24, 2.45) is 13.0 Å². The normalized spacial score (nSPS) is 16.4. The number of hydrogen-bond acceptors (Lipinski definition) is 6. The van der Waals surface area contributed by atoms with E-state index in [1.54, 1.807) is 6.20 Å². The van der Waals surface area contributed by atoms with E-state index in [-0.39, 0.29) is 11.7 Å². The molecular weight excluding hydrogens is 426 g/mol. The van der Waals surface area contributed by atoms with E-state index in [2.05, 4.69) is 28.3 Å². The van der Waals surface area contributed by atoms with Crippen LogP contribution in [0.5, 0.6) is 0 Å². The zero-order valence-corrected chi connectivity index (χ0v) is 19.7. The van der Waals surface area contributed by atoms with E-state index in [1.807, 2.05) is 46.8 Å². The second kappa shape index (κ2) is 8.36. The van der Waals surface area contributed by atoms with Gasteiger partial charge in [0.25, 0.3) is 0 Å². The van der Waals surface area contributed by atoms with E-state index >= 15 is 0 Å². The third-order valence-electron chi connectivity index (χ3n) is 6.93. The maximum Gasteiger partial charge on any atom is 0.229 e. The second-order valence-corrected chi connectivity index (χ2v) is 9.56. The summed E-state index contributed by atoms with van der Waals surface area (Å²) < 4.78 is 3.85. The smallest absolute Gasteiger partial charge is 0.229 e. The molecule has 1 N–H and O–H groups in total. The number of aromatic nitrogens is 5. The van der Waals surface area contributed by atoms with Gasteiger partial charge in [-0.3, -0.25) is 9.69 Å². The molecule has 0 radical (unpaired) electrons. The minimum Gasteiger partial charge on any atom is -0.350 e. The molecule has 34 heavy (non-hydrogen) atoms. The fourth-order valence-electron chi connectivity index (χ4n) is 4.85. The molecule has 2 fully saturated rings. The topological polar surface area (TPSA) is 80.9 Å². The molecule has 0 unspecified atom stereocenters. The van der Waals surface area contributed by atoms with Crippen molar-refractivity contribution in [3.8, 4) is 5.82 Å². The number of carbonyl (C=O) groups excluding carboxylic acids is 1. The molecule has 3 aromatic heterocycles. The van der Waals surface area contributed by atoms with Crippen molar-refractivity contribution in [3.05, 3.63) is 59.7 Å². The van der Waals surface area contributed by atoms with E-state index in [0.717, 1.165) is 66.1 Å². The van der Waals surface area contributed by atoms with E-state index in [4.69, 9.17) is 10.1 Å². The van der Waals surface area contributed by atoms with Gasteiger partial charge in [0.15, 0.2) is 11.6 Å². The van der Waals surface area contributed by atoms with Gasteiger partial charge in [-0.25, -0.2) is 9.67 Å². The van der Waals surface area contributed by atoms with Gasteiger partial charge in [0.05, 0.1) is 5.69 Å². The molecule has 4 aromatic rings. The van der Waals surface area contributed by atoms with Crippen molar-refractivity contribution >= 4 is 28.3 Å². The number of benzene rings is 1. The van der Waals surface area contributed by atoms with Gasteiger partial charge in [0.2, 0.25) is 5.95 Å². The standard InChI is InChI=1S/C26H29N7O/c1-17-19(14-32-11-3-4-12-32)15-33(30-17)24-9-10-27-26(29-24)28-20-7-8-23-21(13-20)22(16-31(23)2)25(34)18-5-6-18/h7-10,13,15-16,18H,3-6,11-12,14H2,1-2H3,(H,27,28,29). The number of likely N-dealkylation sites (tertiary alicyclic amines) is 1. The lowest BCUT2D eigenvalue weighted by Gasteiger charge is -2.13. The number of ketones is 1. The van der Waals surface area contributed by atoms with Crippen LogP contribution in [0.3, 0.4) is 0 Å². The Kier molecular flexibility index (Phi) is 5.17. The summed E-state index contributed by atoms with van der Waals surface area (Å²) in [5, 5.41) is 8.98. The predicted octanol–water partition coefficient (Wildman–Crippen LogP) is 4.39. The Labute approximate surface area is 198 Å². The van der Waals surface area contributed by atoms with Crippen molar-refractivity contribution in [2.45, 2.75) is 39.2 Å². The van der Waals surface area contributed by atoms with Gasteiger partial charge in [0.1, 0.15) is 0 Å². The Balaban J connectivity index is 1.25. The van der Waals surface area contributed by atoms with E-state index in [9.17, 15) is 4.79 Å². The molecule has 1 aromatic carbocycles. The molecule has 1 aliphatic heterocycles. The first-order chi connectivity index (χ1) is 16.5. The van der Waals surface area contributed by atoms with Crippen LogP contribution in [0, 0.1) is 12.8 Å². The van der Waals surface area contributed by atoms with Gasteiger partial charge >= 0.3 is 0 Å². The summed E-state index contributed by atoms with van der Waals surface area (Å²) in [4.78, 5) is 24.4. The van der Waals surface area contributed by atoms with Crippen LogP contribution in [0.1, 0.15) is 47.3 Å². The van der Waals surface area contributed by atoms with E-state index in [0.29, 0.717) is 5.95 Å². The summed E-state index contributed by atoms with van der Waals surface area (Å²) in [7, 11) is 1.98. The number of anilines is 2.